The Hall–Kier alpha value is -2.69. The van der Waals surface area contributed by atoms with Gasteiger partial charge in [-0.15, -0.1) is 0 Å². The first-order chi connectivity index (χ1) is 13.5. The Kier molecular flexibility index (Phi) is 5.52. The van der Waals surface area contributed by atoms with Gasteiger partial charge in [-0.25, -0.2) is 4.39 Å². The number of benzene rings is 1. The number of aromatic nitrogens is 2. The molecule has 0 spiro atoms. The molecule has 1 aliphatic heterocycles. The lowest BCUT2D eigenvalue weighted by Crippen LogP contribution is -2.32. The maximum Gasteiger partial charge on any atom is 0.435 e. The highest BCUT2D eigenvalue weighted by Crippen LogP contribution is 2.38. The van der Waals surface area contributed by atoms with Crippen LogP contribution in [0.3, 0.4) is 0 Å². The number of likely N-dealkylation sites (tertiary alicyclic amines) is 1. The number of alkyl halides is 3. The average Bonchev–Trinajstić information content (AvgIpc) is 3.15. The lowest BCUT2D eigenvalue weighted by molar-refractivity contribution is -0.141. The largest absolute Gasteiger partial charge is 0.492 e. The van der Waals surface area contributed by atoms with E-state index in [4.69, 9.17) is 17.0 Å². The van der Waals surface area contributed by atoms with E-state index < -0.39 is 35.4 Å². The van der Waals surface area contributed by atoms with Gasteiger partial charge in [-0.1, -0.05) is 18.3 Å². The first kappa shape index (κ1) is 21.0. The van der Waals surface area contributed by atoms with E-state index in [2.05, 4.69) is 10.4 Å². The first-order valence-corrected chi connectivity index (χ1v) is 8.95. The van der Waals surface area contributed by atoms with Crippen molar-refractivity contribution in [2.24, 2.45) is 13.0 Å². The molecule has 2 aromatic rings. The molecule has 0 bridgehead atoms. The molecule has 1 amide bonds. The Balaban J connectivity index is 1.94. The number of rotatable bonds is 4. The second-order valence-corrected chi connectivity index (χ2v) is 7.11. The van der Waals surface area contributed by atoms with Gasteiger partial charge in [0, 0.05) is 32.3 Å². The molecule has 0 saturated carbocycles. The van der Waals surface area contributed by atoms with Crippen molar-refractivity contribution in [2.45, 2.75) is 12.1 Å². The predicted molar refractivity (Wildman–Crippen MR) is 101 cm³/mol. The summed E-state index contributed by atoms with van der Waals surface area (Å²) in [6.07, 6.45) is -4.60. The highest BCUT2D eigenvalue weighted by Gasteiger charge is 2.44. The van der Waals surface area contributed by atoms with Crippen molar-refractivity contribution in [1.29, 1.82) is 0 Å². The van der Waals surface area contributed by atoms with Crippen molar-refractivity contribution in [2.75, 3.05) is 26.0 Å². The van der Waals surface area contributed by atoms with Gasteiger partial charge >= 0.3 is 6.18 Å². The van der Waals surface area contributed by atoms with Gasteiger partial charge in [0.05, 0.1) is 23.7 Å². The molecule has 11 heteroatoms. The van der Waals surface area contributed by atoms with Gasteiger partial charge in [-0.3, -0.25) is 9.48 Å². The van der Waals surface area contributed by atoms with Crippen molar-refractivity contribution in [1.82, 2.24) is 14.7 Å². The van der Waals surface area contributed by atoms with Crippen molar-refractivity contribution in [3.8, 4) is 5.75 Å². The Morgan fingerprint density at radius 2 is 2.03 bits per heavy atom. The van der Waals surface area contributed by atoms with Crippen LogP contribution in [0.15, 0.2) is 24.3 Å². The summed E-state index contributed by atoms with van der Waals surface area (Å²) in [5.74, 6) is -2.95. The number of halogens is 4. The number of thiocarbonyl (C=S) groups is 1. The maximum atomic E-state index is 13.9. The molecule has 2 heterocycles. The van der Waals surface area contributed by atoms with Gasteiger partial charge in [0.2, 0.25) is 5.91 Å². The number of ether oxygens (including phenoxy) is 1. The second kappa shape index (κ2) is 7.62. The molecule has 1 saturated heterocycles. The van der Waals surface area contributed by atoms with E-state index in [1.54, 1.807) is 11.9 Å². The van der Waals surface area contributed by atoms with Crippen LogP contribution in [0.25, 0.3) is 0 Å². The minimum Gasteiger partial charge on any atom is -0.492 e. The third-order valence-corrected chi connectivity index (χ3v) is 5.38. The molecule has 1 aliphatic rings. The maximum absolute atomic E-state index is 13.9. The predicted octanol–water partition coefficient (Wildman–Crippen LogP) is 3.20. The van der Waals surface area contributed by atoms with Gasteiger partial charge in [0.25, 0.3) is 0 Å². The monoisotopic (exact) mass is 430 g/mol. The highest BCUT2D eigenvalue weighted by atomic mass is 32.1. The van der Waals surface area contributed by atoms with Crippen LogP contribution < -0.4 is 10.1 Å². The van der Waals surface area contributed by atoms with E-state index >= 15 is 0 Å². The fraction of sp³-hybridized carbons (Fsp3) is 0.389. The zero-order chi connectivity index (χ0) is 21.5. The fourth-order valence-corrected chi connectivity index (χ4v) is 3.80. The number of nitrogens with one attached hydrogen (secondary N) is 1. The average molecular weight is 430 g/mol. The molecule has 6 nitrogen and oxygen atoms in total. The van der Waals surface area contributed by atoms with Crippen LogP contribution in [-0.2, 0) is 18.0 Å². The van der Waals surface area contributed by atoms with E-state index in [1.807, 2.05) is 0 Å². The number of para-hydroxylation sites is 1. The molecule has 156 valence electrons. The summed E-state index contributed by atoms with van der Waals surface area (Å²) in [6, 6.07) is 4.97. The number of likely N-dealkylation sites (N-methyl/N-ethyl adjacent to an activating group) is 1. The molecule has 1 aromatic carbocycles. The summed E-state index contributed by atoms with van der Waals surface area (Å²) in [7, 11) is 4.31. The van der Waals surface area contributed by atoms with Crippen LogP contribution in [0.4, 0.5) is 23.2 Å². The quantitative estimate of drug-likeness (QED) is 0.597. The van der Waals surface area contributed by atoms with Gasteiger partial charge in [0.1, 0.15) is 0 Å². The Bertz CT molecular complexity index is 960. The third kappa shape index (κ3) is 3.91. The molecule has 0 unspecified atom stereocenters. The molecule has 1 aromatic heterocycles. The van der Waals surface area contributed by atoms with Crippen LogP contribution in [0, 0.1) is 11.7 Å². The number of aryl methyl sites for hydroxylation is 1. The molecule has 1 N–H and O–H groups in total. The topological polar surface area (TPSA) is 59.4 Å². The number of amides is 1. The van der Waals surface area contributed by atoms with Crippen molar-refractivity contribution < 1.29 is 27.1 Å². The van der Waals surface area contributed by atoms with Gasteiger partial charge in [0.15, 0.2) is 17.3 Å². The van der Waals surface area contributed by atoms with Crippen molar-refractivity contribution in [3.63, 3.8) is 0 Å². The summed E-state index contributed by atoms with van der Waals surface area (Å²) in [6.45, 7) is 0.244. The fourth-order valence-electron chi connectivity index (χ4n) is 3.45. The molecule has 1 fully saturated rings. The van der Waals surface area contributed by atoms with E-state index in [0.29, 0.717) is 0 Å². The van der Waals surface area contributed by atoms with Crippen LogP contribution in [0.2, 0.25) is 0 Å². The van der Waals surface area contributed by atoms with E-state index in [-0.39, 0.29) is 28.7 Å². The summed E-state index contributed by atoms with van der Waals surface area (Å²) in [5.41, 5.74) is -0.702. The van der Waals surface area contributed by atoms with Gasteiger partial charge in [-0.2, -0.15) is 18.3 Å². The number of nitrogens with zero attached hydrogens (tertiary/aromatic N) is 3. The Morgan fingerprint density at radius 3 is 2.62 bits per heavy atom. The molecule has 3 rings (SSSR count). The number of hydrogen-bond donors (Lipinski definition) is 1. The summed E-state index contributed by atoms with van der Waals surface area (Å²) < 4.78 is 59.1. The van der Waals surface area contributed by atoms with Crippen molar-refractivity contribution >= 4 is 28.8 Å². The lowest BCUT2D eigenvalue weighted by atomic mass is 9.91. The minimum atomic E-state index is -4.60. The van der Waals surface area contributed by atoms with E-state index in [1.165, 1.54) is 32.4 Å². The number of hydrogen-bond acceptors (Lipinski definition) is 4. The SMILES string of the molecule is COc1c(F)cccc1NC(=O)[C@H]1C(=S)N(C)C[C@@H]1c1cc(C(F)(F)F)nn1C. The smallest absolute Gasteiger partial charge is 0.435 e. The third-order valence-electron chi connectivity index (χ3n) is 4.81. The summed E-state index contributed by atoms with van der Waals surface area (Å²) >= 11 is 5.35. The van der Waals surface area contributed by atoms with Gasteiger partial charge < -0.3 is 15.0 Å². The molecule has 29 heavy (non-hydrogen) atoms. The second-order valence-electron chi connectivity index (χ2n) is 6.69. The molecule has 2 atom stereocenters. The Morgan fingerprint density at radius 1 is 1.34 bits per heavy atom. The lowest BCUT2D eigenvalue weighted by Gasteiger charge is -2.19. The molecular weight excluding hydrogens is 412 g/mol. The Labute approximate surface area is 169 Å². The van der Waals surface area contributed by atoms with Crippen LogP contribution in [-0.4, -0.2) is 46.3 Å². The van der Waals surface area contributed by atoms with Gasteiger partial charge in [-0.05, 0) is 18.2 Å². The van der Waals surface area contributed by atoms with E-state index in [9.17, 15) is 22.4 Å². The summed E-state index contributed by atoms with van der Waals surface area (Å²) in [5, 5.41) is 6.10. The first-order valence-electron chi connectivity index (χ1n) is 8.54. The van der Waals surface area contributed by atoms with Crippen LogP contribution in [0.5, 0.6) is 5.75 Å². The zero-order valence-electron chi connectivity index (χ0n) is 15.7. The van der Waals surface area contributed by atoms with Crippen LogP contribution in [0.1, 0.15) is 17.3 Å². The number of anilines is 1. The number of methoxy groups -OCH3 is 1. The minimum absolute atomic E-state index is 0.106. The molecule has 0 radical (unpaired) electrons. The standard InChI is InChI=1S/C18H18F4N4O2S/c1-25-8-9(12-7-13(18(20,21)22)24-26(12)2)14(17(25)29)16(27)23-11-6-4-5-10(19)15(11)28-3/h4-7,9,14H,8H2,1-3H3,(H,23,27)/t9-,14+/m1/s1. The highest BCUT2D eigenvalue weighted by molar-refractivity contribution is 7.80. The molecule has 0 aliphatic carbocycles. The number of carbonyl (C=O) groups excluding carboxylic acids is 1. The zero-order valence-corrected chi connectivity index (χ0v) is 16.6. The molecular formula is C18H18F4N4O2S. The van der Waals surface area contributed by atoms with E-state index in [0.717, 1.165) is 10.7 Å². The number of carbonyl (C=O) groups is 1. The van der Waals surface area contributed by atoms with Crippen molar-refractivity contribution in [3.05, 3.63) is 41.5 Å². The summed E-state index contributed by atoms with van der Waals surface area (Å²) in [4.78, 5) is 14.9. The normalized spacial score (nSPS) is 19.6. The van der Waals surface area contributed by atoms with Crippen LogP contribution >= 0.6 is 12.2 Å².